The van der Waals surface area contributed by atoms with E-state index in [4.69, 9.17) is 9.47 Å². The van der Waals surface area contributed by atoms with E-state index < -0.39 is 29.5 Å². The maximum atomic E-state index is 12.6. The summed E-state index contributed by atoms with van der Waals surface area (Å²) in [7, 11) is 1.51. The lowest BCUT2D eigenvalue weighted by Crippen LogP contribution is -2.32. The number of hydrazone groups is 1. The van der Waals surface area contributed by atoms with Gasteiger partial charge in [-0.15, -0.1) is 0 Å². The Bertz CT molecular complexity index is 1240. The zero-order chi connectivity index (χ0) is 25.4. The Kier molecular flexibility index (Phi) is 7.82. The van der Waals surface area contributed by atoms with Crippen LogP contribution in [0, 0.1) is 0 Å². The van der Waals surface area contributed by atoms with Crippen LogP contribution in [0.3, 0.4) is 0 Å². The summed E-state index contributed by atoms with van der Waals surface area (Å²) in [6, 6.07) is 16.2. The number of carbonyl (C=O) groups is 3. The van der Waals surface area contributed by atoms with Crippen molar-refractivity contribution in [3.05, 3.63) is 89.5 Å². The molecule has 0 radical (unpaired) electrons. The van der Waals surface area contributed by atoms with Gasteiger partial charge in [-0.2, -0.15) is 18.3 Å². The quantitative estimate of drug-likeness (QED) is 0.180. The summed E-state index contributed by atoms with van der Waals surface area (Å²) in [5.74, 6) is -2.03. The highest BCUT2D eigenvalue weighted by atomic mass is 19.4. The van der Waals surface area contributed by atoms with Gasteiger partial charge in [0.2, 0.25) is 0 Å². The van der Waals surface area contributed by atoms with Gasteiger partial charge in [0, 0.05) is 5.69 Å². The van der Waals surface area contributed by atoms with Crippen LogP contribution < -0.4 is 20.2 Å². The van der Waals surface area contributed by atoms with Crippen LogP contribution in [-0.2, 0) is 15.8 Å². The first-order chi connectivity index (χ1) is 16.7. The topological polar surface area (TPSA) is 106 Å². The van der Waals surface area contributed by atoms with E-state index in [2.05, 4.69) is 10.4 Å². The molecular weight excluding hydrogens is 467 g/mol. The smallest absolute Gasteiger partial charge is 0.416 e. The lowest BCUT2D eigenvalue weighted by Gasteiger charge is -2.08. The SMILES string of the molecule is COc1ccc(C(=O)Oc2cccc(/C=N/NC(=O)C(=O)Nc3ccc(C(F)(F)F)cc3)c2)cc1. The fourth-order valence-corrected chi connectivity index (χ4v) is 2.70. The number of amides is 2. The Balaban J connectivity index is 1.54. The largest absolute Gasteiger partial charge is 0.497 e. The Labute approximate surface area is 197 Å². The Morgan fingerprint density at radius 2 is 1.57 bits per heavy atom. The number of esters is 1. The van der Waals surface area contributed by atoms with Crippen molar-refractivity contribution in [1.82, 2.24) is 5.43 Å². The molecule has 0 saturated carbocycles. The van der Waals surface area contributed by atoms with Gasteiger partial charge in [-0.1, -0.05) is 12.1 Å². The molecule has 0 heterocycles. The number of ether oxygens (including phenoxy) is 2. The monoisotopic (exact) mass is 485 g/mol. The number of nitrogens with zero attached hydrogens (tertiary/aromatic N) is 1. The molecule has 180 valence electrons. The Morgan fingerprint density at radius 1 is 0.886 bits per heavy atom. The number of rotatable bonds is 6. The number of halogens is 3. The molecule has 0 unspecified atom stereocenters. The summed E-state index contributed by atoms with van der Waals surface area (Å²) in [4.78, 5) is 36.1. The van der Waals surface area contributed by atoms with Crippen LogP contribution in [0.1, 0.15) is 21.5 Å². The number of hydrogen-bond donors (Lipinski definition) is 2. The molecule has 3 aromatic rings. The number of hydrogen-bond acceptors (Lipinski definition) is 6. The Hall–Kier alpha value is -4.67. The van der Waals surface area contributed by atoms with Crippen LogP contribution in [0.5, 0.6) is 11.5 Å². The summed E-state index contributed by atoms with van der Waals surface area (Å²) >= 11 is 0. The maximum absolute atomic E-state index is 12.6. The van der Waals surface area contributed by atoms with Gasteiger partial charge in [0.25, 0.3) is 0 Å². The molecule has 0 spiro atoms. The molecule has 2 N–H and O–H groups in total. The fraction of sp³-hybridized carbons (Fsp3) is 0.0833. The third kappa shape index (κ3) is 7.16. The van der Waals surface area contributed by atoms with Crippen LogP contribution in [0.2, 0.25) is 0 Å². The lowest BCUT2D eigenvalue weighted by atomic mass is 10.2. The average molecular weight is 485 g/mol. The minimum atomic E-state index is -4.51. The molecular formula is C24H18F3N3O5. The van der Waals surface area contributed by atoms with Gasteiger partial charge in [-0.3, -0.25) is 9.59 Å². The van der Waals surface area contributed by atoms with E-state index in [0.717, 1.165) is 24.3 Å². The van der Waals surface area contributed by atoms with E-state index in [9.17, 15) is 27.6 Å². The first-order valence-corrected chi connectivity index (χ1v) is 9.93. The van der Waals surface area contributed by atoms with Crippen LogP contribution in [0.25, 0.3) is 0 Å². The third-order valence-electron chi connectivity index (χ3n) is 4.45. The van der Waals surface area contributed by atoms with E-state index in [1.807, 2.05) is 5.43 Å². The van der Waals surface area contributed by atoms with Crippen LogP contribution >= 0.6 is 0 Å². The molecule has 0 aliphatic rings. The lowest BCUT2D eigenvalue weighted by molar-refractivity contribution is -0.137. The summed E-state index contributed by atoms with van der Waals surface area (Å²) in [6.07, 6.45) is -3.30. The van der Waals surface area contributed by atoms with E-state index in [-0.39, 0.29) is 11.4 Å². The molecule has 0 fully saturated rings. The fourth-order valence-electron chi connectivity index (χ4n) is 2.70. The van der Waals surface area contributed by atoms with Crippen LogP contribution in [0.15, 0.2) is 77.9 Å². The van der Waals surface area contributed by atoms with Gasteiger partial charge >= 0.3 is 24.0 Å². The number of nitrogens with one attached hydrogen (secondary N) is 2. The Morgan fingerprint density at radius 3 is 2.20 bits per heavy atom. The number of anilines is 1. The number of alkyl halides is 3. The second kappa shape index (κ2) is 11.0. The highest BCUT2D eigenvalue weighted by molar-refractivity contribution is 6.39. The molecule has 0 atom stereocenters. The zero-order valence-electron chi connectivity index (χ0n) is 18.1. The van der Waals surface area contributed by atoms with Crippen molar-refractivity contribution in [2.45, 2.75) is 6.18 Å². The summed E-state index contributed by atoms with van der Waals surface area (Å²) < 4.78 is 48.1. The minimum absolute atomic E-state index is 0.00788. The first kappa shape index (κ1) is 25.0. The molecule has 0 saturated heterocycles. The molecule has 0 aromatic heterocycles. The number of carbonyl (C=O) groups excluding carboxylic acids is 3. The van der Waals surface area contributed by atoms with E-state index in [0.29, 0.717) is 16.9 Å². The standard InChI is InChI=1S/C24H18F3N3O5/c1-34-19-11-5-16(6-12-19)23(33)35-20-4-2-3-15(13-20)14-28-30-22(32)21(31)29-18-9-7-17(8-10-18)24(25,26)27/h2-14H,1H3,(H,29,31)(H,30,32)/b28-14+. The van der Waals surface area contributed by atoms with Gasteiger partial charge < -0.3 is 14.8 Å². The molecule has 0 bridgehead atoms. The number of benzene rings is 3. The van der Waals surface area contributed by atoms with E-state index in [1.54, 1.807) is 42.5 Å². The summed E-state index contributed by atoms with van der Waals surface area (Å²) in [5, 5.41) is 5.82. The average Bonchev–Trinajstić information content (AvgIpc) is 2.84. The molecule has 3 aromatic carbocycles. The van der Waals surface area contributed by atoms with Crippen molar-refractivity contribution in [1.29, 1.82) is 0 Å². The van der Waals surface area contributed by atoms with Gasteiger partial charge in [-0.05, 0) is 66.2 Å². The van der Waals surface area contributed by atoms with Crippen molar-refractivity contribution in [2.24, 2.45) is 5.10 Å². The predicted molar refractivity (Wildman–Crippen MR) is 120 cm³/mol. The van der Waals surface area contributed by atoms with Gasteiger partial charge in [0.15, 0.2) is 0 Å². The zero-order valence-corrected chi connectivity index (χ0v) is 18.1. The highest BCUT2D eigenvalue weighted by Gasteiger charge is 2.30. The molecule has 35 heavy (non-hydrogen) atoms. The van der Waals surface area contributed by atoms with Crippen molar-refractivity contribution in [3.63, 3.8) is 0 Å². The van der Waals surface area contributed by atoms with E-state index in [1.165, 1.54) is 19.4 Å². The highest BCUT2D eigenvalue weighted by Crippen LogP contribution is 2.29. The van der Waals surface area contributed by atoms with Gasteiger partial charge in [0.1, 0.15) is 11.5 Å². The van der Waals surface area contributed by atoms with Crippen molar-refractivity contribution in [3.8, 4) is 11.5 Å². The van der Waals surface area contributed by atoms with Gasteiger partial charge in [-0.25, -0.2) is 10.2 Å². The van der Waals surface area contributed by atoms with E-state index >= 15 is 0 Å². The number of methoxy groups -OCH3 is 1. The first-order valence-electron chi connectivity index (χ1n) is 9.93. The molecule has 0 aliphatic heterocycles. The second-order valence-electron chi connectivity index (χ2n) is 6.92. The third-order valence-corrected chi connectivity index (χ3v) is 4.45. The predicted octanol–water partition coefficient (Wildman–Crippen LogP) is 4.02. The molecule has 8 nitrogen and oxygen atoms in total. The minimum Gasteiger partial charge on any atom is -0.497 e. The molecule has 2 amide bonds. The summed E-state index contributed by atoms with van der Waals surface area (Å²) in [5.41, 5.74) is 1.89. The molecule has 11 heteroatoms. The summed E-state index contributed by atoms with van der Waals surface area (Å²) in [6.45, 7) is 0. The second-order valence-corrected chi connectivity index (χ2v) is 6.92. The normalized spacial score (nSPS) is 11.1. The van der Waals surface area contributed by atoms with Crippen molar-refractivity contribution < 1.29 is 37.0 Å². The van der Waals surface area contributed by atoms with Crippen LogP contribution in [0.4, 0.5) is 18.9 Å². The van der Waals surface area contributed by atoms with Gasteiger partial charge in [0.05, 0.1) is 24.5 Å². The maximum Gasteiger partial charge on any atom is 0.416 e. The van der Waals surface area contributed by atoms with Crippen LogP contribution in [-0.4, -0.2) is 31.1 Å². The van der Waals surface area contributed by atoms with Crippen molar-refractivity contribution >= 4 is 29.7 Å². The van der Waals surface area contributed by atoms with Crippen molar-refractivity contribution in [2.75, 3.05) is 12.4 Å². The molecule has 0 aliphatic carbocycles. The molecule has 3 rings (SSSR count).